The normalized spacial score (nSPS) is 12.2. The Kier molecular flexibility index (Phi) is 6.64. The van der Waals surface area contributed by atoms with E-state index in [1.165, 1.54) is 11.3 Å². The Labute approximate surface area is 149 Å². The van der Waals surface area contributed by atoms with Crippen LogP contribution in [0.5, 0.6) is 5.75 Å². The van der Waals surface area contributed by atoms with Gasteiger partial charge in [-0.25, -0.2) is 4.98 Å². The molecule has 1 unspecified atom stereocenters. The number of nitrogen functional groups attached to an aromatic ring is 1. The second-order valence-corrected chi connectivity index (χ2v) is 6.36. The van der Waals surface area contributed by atoms with Crippen LogP contribution in [0.3, 0.4) is 0 Å². The van der Waals surface area contributed by atoms with Gasteiger partial charge in [-0.1, -0.05) is 19.8 Å². The largest absolute Gasteiger partial charge is 0.482 e. The summed E-state index contributed by atoms with van der Waals surface area (Å²) in [5.74, 6) is 1.22. The van der Waals surface area contributed by atoms with Gasteiger partial charge in [-0.2, -0.15) is 4.98 Å². The molecule has 0 bridgehead atoms. The maximum atomic E-state index is 9.57. The van der Waals surface area contributed by atoms with Crippen LogP contribution in [0, 0.1) is 13.8 Å². The molecule has 7 heteroatoms. The van der Waals surface area contributed by atoms with Crippen LogP contribution in [-0.4, -0.2) is 32.3 Å². The third-order valence-electron chi connectivity index (χ3n) is 4.50. The molecule has 25 heavy (non-hydrogen) atoms. The highest BCUT2D eigenvalue weighted by Crippen LogP contribution is 2.25. The number of ether oxygens (including phenoxy) is 1. The van der Waals surface area contributed by atoms with Gasteiger partial charge in [0, 0.05) is 12.7 Å². The first kappa shape index (κ1) is 19.1. The fraction of sp³-hybridized carbons (Fsp3) is 0.556. The third-order valence-corrected chi connectivity index (χ3v) is 4.50. The van der Waals surface area contributed by atoms with Crippen molar-refractivity contribution in [2.75, 3.05) is 17.7 Å². The summed E-state index contributed by atoms with van der Waals surface area (Å²) in [4.78, 5) is 8.26. The zero-order valence-corrected chi connectivity index (χ0v) is 15.5. The Hall–Kier alpha value is -2.28. The fourth-order valence-corrected chi connectivity index (χ4v) is 2.67. The second kappa shape index (κ2) is 8.71. The molecule has 0 aliphatic heterocycles. The Morgan fingerprint density at radius 1 is 1.40 bits per heavy atom. The fourth-order valence-electron chi connectivity index (χ4n) is 2.67. The van der Waals surface area contributed by atoms with E-state index in [1.54, 1.807) is 6.20 Å². The van der Waals surface area contributed by atoms with Crippen molar-refractivity contribution in [1.29, 1.82) is 0 Å². The molecule has 0 saturated heterocycles. The van der Waals surface area contributed by atoms with Crippen molar-refractivity contribution in [3.8, 4) is 5.75 Å². The molecule has 1 atom stereocenters. The quantitative estimate of drug-likeness (QED) is 0.645. The van der Waals surface area contributed by atoms with Crippen molar-refractivity contribution in [2.24, 2.45) is 7.05 Å². The maximum absolute atomic E-state index is 9.57. The van der Waals surface area contributed by atoms with Crippen molar-refractivity contribution in [3.63, 3.8) is 0 Å². The monoisotopic (exact) mass is 347 g/mol. The Morgan fingerprint density at radius 2 is 2.16 bits per heavy atom. The smallest absolute Gasteiger partial charge is 0.222 e. The predicted octanol–water partition coefficient (Wildman–Crippen LogP) is 2.56. The van der Waals surface area contributed by atoms with Gasteiger partial charge in [-0.05, 0) is 31.9 Å². The Balaban J connectivity index is 2.13. The molecule has 0 saturated carbocycles. The van der Waals surface area contributed by atoms with Crippen molar-refractivity contribution >= 4 is 11.8 Å². The van der Waals surface area contributed by atoms with E-state index in [4.69, 9.17) is 10.5 Å². The van der Waals surface area contributed by atoms with E-state index in [0.29, 0.717) is 18.2 Å². The van der Waals surface area contributed by atoms with E-state index in [2.05, 4.69) is 46.7 Å². The Bertz CT molecular complexity index is 699. The van der Waals surface area contributed by atoms with E-state index in [1.807, 2.05) is 7.05 Å². The molecule has 4 N–H and O–H groups in total. The first-order chi connectivity index (χ1) is 12.0. The molecular weight excluding hydrogens is 318 g/mol. The van der Waals surface area contributed by atoms with Crippen LogP contribution < -0.4 is 15.8 Å². The van der Waals surface area contributed by atoms with E-state index < -0.39 is 0 Å². The summed E-state index contributed by atoms with van der Waals surface area (Å²) in [6, 6.07) is 2.02. The van der Waals surface area contributed by atoms with Crippen molar-refractivity contribution in [2.45, 2.75) is 52.7 Å². The summed E-state index contributed by atoms with van der Waals surface area (Å²) in [5, 5.41) is 12.8. The molecule has 2 rings (SSSR count). The van der Waals surface area contributed by atoms with Crippen LogP contribution in [0.2, 0.25) is 0 Å². The van der Waals surface area contributed by atoms with Crippen LogP contribution in [-0.2, 0) is 13.7 Å². The number of aliphatic hydroxyl groups excluding tert-OH is 1. The number of hydrogen-bond donors (Lipinski definition) is 3. The molecule has 2 aromatic heterocycles. The number of aryl methyl sites for hydroxylation is 1. The van der Waals surface area contributed by atoms with Crippen molar-refractivity contribution in [3.05, 3.63) is 29.2 Å². The number of hydrogen-bond acceptors (Lipinski definition) is 6. The number of rotatable bonds is 9. The van der Waals surface area contributed by atoms with Crippen LogP contribution in [0.1, 0.15) is 43.1 Å². The summed E-state index contributed by atoms with van der Waals surface area (Å²) >= 11 is 0. The van der Waals surface area contributed by atoms with Crippen LogP contribution in [0.25, 0.3) is 0 Å². The lowest BCUT2D eigenvalue weighted by atomic mass is 10.1. The van der Waals surface area contributed by atoms with Crippen LogP contribution >= 0.6 is 0 Å². The Morgan fingerprint density at radius 3 is 2.76 bits per heavy atom. The lowest BCUT2D eigenvalue weighted by Crippen LogP contribution is -2.25. The summed E-state index contributed by atoms with van der Waals surface area (Å²) < 4.78 is 8.04. The minimum Gasteiger partial charge on any atom is -0.482 e. The highest BCUT2D eigenvalue weighted by atomic mass is 16.5. The molecule has 0 amide bonds. The van der Waals surface area contributed by atoms with Crippen LogP contribution in [0.15, 0.2) is 12.3 Å². The van der Waals surface area contributed by atoms with Gasteiger partial charge >= 0.3 is 0 Å². The average molecular weight is 347 g/mol. The average Bonchev–Trinajstić information content (AvgIpc) is 2.84. The van der Waals surface area contributed by atoms with Gasteiger partial charge < -0.3 is 25.5 Å². The van der Waals surface area contributed by atoms with Crippen molar-refractivity contribution < 1.29 is 9.84 Å². The van der Waals surface area contributed by atoms with E-state index in [9.17, 15) is 5.11 Å². The lowest BCUT2D eigenvalue weighted by molar-refractivity contribution is 0.265. The summed E-state index contributed by atoms with van der Waals surface area (Å²) in [7, 11) is 2.02. The maximum Gasteiger partial charge on any atom is 0.222 e. The number of anilines is 2. The first-order valence-corrected chi connectivity index (χ1v) is 8.70. The number of nitrogens with one attached hydrogen (secondary N) is 1. The first-order valence-electron chi connectivity index (χ1n) is 8.70. The van der Waals surface area contributed by atoms with Gasteiger partial charge in [0.25, 0.3) is 0 Å². The minimum absolute atomic E-state index is 0.0273. The zero-order chi connectivity index (χ0) is 18.4. The minimum atomic E-state index is -0.0869. The molecule has 138 valence electrons. The molecule has 0 fully saturated rings. The van der Waals surface area contributed by atoms with E-state index in [-0.39, 0.29) is 18.6 Å². The summed E-state index contributed by atoms with van der Waals surface area (Å²) in [6.45, 7) is 6.72. The van der Waals surface area contributed by atoms with Gasteiger partial charge in [0.1, 0.15) is 6.61 Å². The van der Waals surface area contributed by atoms with E-state index in [0.717, 1.165) is 25.0 Å². The number of nitrogens with two attached hydrogens (primary N) is 1. The molecule has 0 aromatic carbocycles. The molecule has 7 nitrogen and oxygen atoms in total. The predicted molar refractivity (Wildman–Crippen MR) is 99.7 cm³/mol. The van der Waals surface area contributed by atoms with Gasteiger partial charge in [0.05, 0.1) is 24.5 Å². The van der Waals surface area contributed by atoms with Gasteiger partial charge in [-0.3, -0.25) is 0 Å². The van der Waals surface area contributed by atoms with Gasteiger partial charge in [0.15, 0.2) is 11.6 Å². The van der Waals surface area contributed by atoms with Gasteiger partial charge in [-0.15, -0.1) is 0 Å². The summed E-state index contributed by atoms with van der Waals surface area (Å²) in [5.41, 5.74) is 9.23. The second-order valence-electron chi connectivity index (χ2n) is 6.36. The zero-order valence-electron chi connectivity index (χ0n) is 15.5. The molecule has 2 heterocycles. The number of nitrogens with zero attached hydrogens (tertiary/aromatic N) is 3. The number of aliphatic hydroxyl groups is 1. The molecule has 0 aliphatic rings. The molecule has 0 spiro atoms. The lowest BCUT2D eigenvalue weighted by Gasteiger charge is -2.19. The van der Waals surface area contributed by atoms with Crippen LogP contribution in [0.4, 0.5) is 11.8 Å². The molecule has 2 aromatic rings. The molecule has 0 radical (unpaired) electrons. The SMILES string of the molecule is CCCCC(CO)Nc1nc(N)ncc1OCc1cc(C)c(C)n1C. The summed E-state index contributed by atoms with van der Waals surface area (Å²) in [6.07, 6.45) is 4.52. The number of aromatic nitrogens is 3. The van der Waals surface area contributed by atoms with Gasteiger partial charge in [0.2, 0.25) is 5.95 Å². The highest BCUT2D eigenvalue weighted by Gasteiger charge is 2.14. The van der Waals surface area contributed by atoms with Crippen molar-refractivity contribution in [1.82, 2.24) is 14.5 Å². The number of unbranched alkanes of at least 4 members (excludes halogenated alkanes) is 1. The molecule has 0 aliphatic carbocycles. The topological polar surface area (TPSA) is 98.2 Å². The standard InChI is InChI=1S/C18H29N5O2/c1-5-6-7-14(10-24)21-17-16(9-20-18(19)22-17)25-11-15-8-12(2)13(3)23(15)4/h8-9,14,24H,5-7,10-11H2,1-4H3,(H3,19,20,21,22). The molecular formula is C18H29N5O2. The third kappa shape index (κ3) is 4.85. The highest BCUT2D eigenvalue weighted by molar-refractivity contribution is 5.52. The van der Waals surface area contributed by atoms with E-state index >= 15 is 0 Å².